The van der Waals surface area contributed by atoms with Crippen molar-refractivity contribution in [1.82, 2.24) is 0 Å². The third-order valence-electron chi connectivity index (χ3n) is 1.12. The lowest BCUT2D eigenvalue weighted by atomic mass is 10.2. The molecular formula is C6H14FNS. The molecule has 0 bridgehead atoms. The molecule has 0 aromatic rings. The molecule has 0 rings (SSSR count). The first-order valence-corrected chi connectivity index (χ1v) is 4.53. The normalized spacial score (nSPS) is 13.7. The van der Waals surface area contributed by atoms with Crippen molar-refractivity contribution in [2.24, 2.45) is 5.73 Å². The van der Waals surface area contributed by atoms with Gasteiger partial charge in [0, 0.05) is 0 Å². The highest BCUT2D eigenvalue weighted by atomic mass is 32.2. The van der Waals surface area contributed by atoms with Crippen LogP contribution in [0.15, 0.2) is 0 Å². The van der Waals surface area contributed by atoms with Crippen molar-refractivity contribution in [3.8, 4) is 0 Å². The molecule has 3 heteroatoms. The smallest absolute Gasteiger partial charge is 0.102 e. The molecule has 1 atom stereocenters. The van der Waals surface area contributed by atoms with Crippen LogP contribution < -0.4 is 5.73 Å². The maximum absolute atomic E-state index is 12.5. The van der Waals surface area contributed by atoms with Crippen molar-refractivity contribution < 1.29 is 4.39 Å². The molecule has 9 heavy (non-hydrogen) atoms. The summed E-state index contributed by atoms with van der Waals surface area (Å²) in [6.45, 7) is 0.468. The Morgan fingerprint density at radius 3 is 2.67 bits per heavy atom. The van der Waals surface area contributed by atoms with Gasteiger partial charge in [0.05, 0.1) is 0 Å². The second-order valence-corrected chi connectivity index (χ2v) is 2.94. The fourth-order valence-electron chi connectivity index (χ4n) is 0.571. The Hall–Kier alpha value is 0.240. The van der Waals surface area contributed by atoms with Crippen molar-refractivity contribution in [1.29, 1.82) is 0 Å². The Morgan fingerprint density at radius 1 is 1.56 bits per heavy atom. The zero-order chi connectivity index (χ0) is 7.11. The zero-order valence-corrected chi connectivity index (χ0v) is 6.59. The SMILES string of the molecule is CSCCC(F)CCN. The van der Waals surface area contributed by atoms with Crippen molar-refractivity contribution in [2.75, 3.05) is 18.6 Å². The fraction of sp³-hybridized carbons (Fsp3) is 1.00. The van der Waals surface area contributed by atoms with Gasteiger partial charge in [-0.25, -0.2) is 4.39 Å². The van der Waals surface area contributed by atoms with E-state index in [-0.39, 0.29) is 0 Å². The zero-order valence-electron chi connectivity index (χ0n) is 5.77. The Balaban J connectivity index is 2.95. The van der Waals surface area contributed by atoms with E-state index in [2.05, 4.69) is 0 Å². The topological polar surface area (TPSA) is 26.0 Å². The summed E-state index contributed by atoms with van der Waals surface area (Å²) in [5.41, 5.74) is 5.15. The van der Waals surface area contributed by atoms with E-state index in [1.165, 1.54) is 0 Å². The maximum Gasteiger partial charge on any atom is 0.102 e. The molecule has 0 aromatic carbocycles. The summed E-state index contributed by atoms with van der Waals surface area (Å²) in [6.07, 6.45) is 2.47. The second-order valence-electron chi connectivity index (χ2n) is 1.96. The average molecular weight is 151 g/mol. The highest BCUT2D eigenvalue weighted by molar-refractivity contribution is 7.98. The van der Waals surface area contributed by atoms with Crippen LogP contribution in [0.1, 0.15) is 12.8 Å². The van der Waals surface area contributed by atoms with Crippen LogP contribution in [0, 0.1) is 0 Å². The largest absolute Gasteiger partial charge is 0.330 e. The van der Waals surface area contributed by atoms with Crippen LogP contribution >= 0.6 is 11.8 Å². The van der Waals surface area contributed by atoms with E-state index in [4.69, 9.17) is 5.73 Å². The predicted octanol–water partition coefficient (Wildman–Crippen LogP) is 1.43. The molecule has 0 saturated carbocycles. The van der Waals surface area contributed by atoms with E-state index in [1.807, 2.05) is 6.26 Å². The number of halogens is 1. The van der Waals surface area contributed by atoms with Crippen LogP contribution in [0.5, 0.6) is 0 Å². The molecule has 0 radical (unpaired) electrons. The van der Waals surface area contributed by atoms with E-state index < -0.39 is 6.17 Å². The van der Waals surface area contributed by atoms with Gasteiger partial charge in [-0.3, -0.25) is 0 Å². The van der Waals surface area contributed by atoms with Crippen molar-refractivity contribution >= 4 is 11.8 Å². The second kappa shape index (κ2) is 6.36. The van der Waals surface area contributed by atoms with E-state index in [1.54, 1.807) is 11.8 Å². The molecular weight excluding hydrogens is 137 g/mol. The molecule has 0 spiro atoms. The summed E-state index contributed by atoms with van der Waals surface area (Å²) >= 11 is 1.67. The minimum atomic E-state index is -0.678. The van der Waals surface area contributed by atoms with Gasteiger partial charge in [0.25, 0.3) is 0 Å². The van der Waals surface area contributed by atoms with Gasteiger partial charge in [0.15, 0.2) is 0 Å². The van der Waals surface area contributed by atoms with Gasteiger partial charge in [0.2, 0.25) is 0 Å². The fourth-order valence-corrected chi connectivity index (χ4v) is 1.06. The average Bonchev–Trinajstić information content (AvgIpc) is 1.85. The molecule has 0 aliphatic carbocycles. The van der Waals surface area contributed by atoms with Gasteiger partial charge in [-0.2, -0.15) is 11.8 Å². The predicted molar refractivity (Wildman–Crippen MR) is 41.6 cm³/mol. The molecule has 0 amide bonds. The van der Waals surface area contributed by atoms with Crippen LogP contribution in [0.2, 0.25) is 0 Å². The lowest BCUT2D eigenvalue weighted by Gasteiger charge is -2.03. The minimum absolute atomic E-state index is 0.468. The summed E-state index contributed by atoms with van der Waals surface area (Å²) in [5, 5.41) is 0. The first-order chi connectivity index (χ1) is 4.31. The quantitative estimate of drug-likeness (QED) is 0.643. The number of rotatable bonds is 5. The molecule has 0 aliphatic heterocycles. The monoisotopic (exact) mass is 151 g/mol. The minimum Gasteiger partial charge on any atom is -0.330 e. The van der Waals surface area contributed by atoms with Crippen LogP contribution in [0.3, 0.4) is 0 Å². The van der Waals surface area contributed by atoms with Gasteiger partial charge in [-0.1, -0.05) is 0 Å². The first-order valence-electron chi connectivity index (χ1n) is 3.14. The third kappa shape index (κ3) is 6.12. The third-order valence-corrected chi connectivity index (χ3v) is 1.76. The molecule has 0 heterocycles. The number of hydrogen-bond acceptors (Lipinski definition) is 2. The molecule has 2 N–H and O–H groups in total. The molecule has 0 aliphatic rings. The molecule has 0 saturated heterocycles. The van der Waals surface area contributed by atoms with Gasteiger partial charge < -0.3 is 5.73 Å². The summed E-state index contributed by atoms with van der Waals surface area (Å²) in [6, 6.07) is 0. The van der Waals surface area contributed by atoms with Gasteiger partial charge in [-0.05, 0) is 31.4 Å². The van der Waals surface area contributed by atoms with Gasteiger partial charge in [0.1, 0.15) is 6.17 Å². The Bertz CT molecular complexity index is 61.0. The Kier molecular flexibility index (Phi) is 6.53. The van der Waals surface area contributed by atoms with E-state index >= 15 is 0 Å². The Labute approximate surface area is 60.2 Å². The highest BCUT2D eigenvalue weighted by Gasteiger charge is 2.02. The van der Waals surface area contributed by atoms with E-state index in [0.29, 0.717) is 19.4 Å². The summed E-state index contributed by atoms with van der Waals surface area (Å²) in [5.74, 6) is 0.904. The standard InChI is InChI=1S/C6H14FNS/c1-9-5-3-6(7)2-4-8/h6H,2-5,8H2,1H3. The summed E-state index contributed by atoms with van der Waals surface area (Å²) in [4.78, 5) is 0. The number of nitrogens with two attached hydrogens (primary N) is 1. The molecule has 0 fully saturated rings. The van der Waals surface area contributed by atoms with Crippen LogP contribution in [0.4, 0.5) is 4.39 Å². The number of hydrogen-bond donors (Lipinski definition) is 1. The van der Waals surface area contributed by atoms with Crippen LogP contribution in [0.25, 0.3) is 0 Å². The lowest BCUT2D eigenvalue weighted by Crippen LogP contribution is -2.09. The van der Waals surface area contributed by atoms with Crippen molar-refractivity contribution in [2.45, 2.75) is 19.0 Å². The summed E-state index contributed by atoms with van der Waals surface area (Å²) in [7, 11) is 0. The van der Waals surface area contributed by atoms with Gasteiger partial charge >= 0.3 is 0 Å². The summed E-state index contributed by atoms with van der Waals surface area (Å²) < 4.78 is 12.5. The highest BCUT2D eigenvalue weighted by Crippen LogP contribution is 2.06. The first kappa shape index (κ1) is 9.24. The van der Waals surface area contributed by atoms with Crippen molar-refractivity contribution in [3.05, 3.63) is 0 Å². The molecule has 1 nitrogen and oxygen atoms in total. The molecule has 56 valence electrons. The van der Waals surface area contributed by atoms with Crippen LogP contribution in [-0.4, -0.2) is 24.7 Å². The van der Waals surface area contributed by atoms with Gasteiger partial charge in [-0.15, -0.1) is 0 Å². The molecule has 1 unspecified atom stereocenters. The number of alkyl halides is 1. The van der Waals surface area contributed by atoms with E-state index in [9.17, 15) is 4.39 Å². The maximum atomic E-state index is 12.5. The van der Waals surface area contributed by atoms with E-state index in [0.717, 1.165) is 5.75 Å². The van der Waals surface area contributed by atoms with Crippen LogP contribution in [-0.2, 0) is 0 Å². The van der Waals surface area contributed by atoms with Crippen molar-refractivity contribution in [3.63, 3.8) is 0 Å². The lowest BCUT2D eigenvalue weighted by molar-refractivity contribution is 0.312. The number of thioether (sulfide) groups is 1. The Morgan fingerprint density at radius 2 is 2.22 bits per heavy atom. The molecule has 0 aromatic heterocycles.